The highest BCUT2D eigenvalue weighted by molar-refractivity contribution is 5.18. The van der Waals surface area contributed by atoms with Crippen molar-refractivity contribution in [1.29, 1.82) is 0 Å². The maximum atomic E-state index is 12.7. The van der Waals surface area contributed by atoms with Crippen molar-refractivity contribution in [3.8, 4) is 0 Å². The van der Waals surface area contributed by atoms with Crippen LogP contribution in [0.1, 0.15) is 19.4 Å². The van der Waals surface area contributed by atoms with Crippen LogP contribution in [-0.2, 0) is 6.42 Å². The van der Waals surface area contributed by atoms with Crippen LogP contribution < -0.4 is 5.32 Å². The number of hydrogen-bond acceptors (Lipinski definition) is 2. The highest BCUT2D eigenvalue weighted by Gasteiger charge is 2.16. The number of benzene rings is 1. The first-order chi connectivity index (χ1) is 7.03. The van der Waals surface area contributed by atoms with Crippen molar-refractivity contribution >= 4 is 0 Å². The average Bonchev–Trinajstić information content (AvgIpc) is 2.18. The maximum Gasteiger partial charge on any atom is 0.123 e. The van der Waals surface area contributed by atoms with E-state index in [1.165, 1.54) is 12.1 Å². The van der Waals surface area contributed by atoms with Gasteiger partial charge in [-0.05, 0) is 38.0 Å². The van der Waals surface area contributed by atoms with Crippen LogP contribution in [0.2, 0.25) is 0 Å². The Bertz CT molecular complexity index is 295. The second-order valence-electron chi connectivity index (χ2n) is 4.34. The van der Waals surface area contributed by atoms with Gasteiger partial charge in [0.15, 0.2) is 0 Å². The monoisotopic (exact) mass is 211 g/mol. The molecule has 2 nitrogen and oxygen atoms in total. The molecule has 15 heavy (non-hydrogen) atoms. The molecule has 3 heteroatoms. The van der Waals surface area contributed by atoms with Crippen LogP contribution in [0, 0.1) is 5.82 Å². The van der Waals surface area contributed by atoms with Gasteiger partial charge in [0.25, 0.3) is 0 Å². The first kappa shape index (κ1) is 12.1. The number of halogens is 1. The van der Waals surface area contributed by atoms with E-state index in [0.29, 0.717) is 6.54 Å². The Morgan fingerprint density at radius 1 is 1.27 bits per heavy atom. The molecule has 2 N–H and O–H groups in total. The summed E-state index contributed by atoms with van der Waals surface area (Å²) in [7, 11) is 0. The first-order valence-electron chi connectivity index (χ1n) is 5.14. The molecule has 1 rings (SSSR count). The van der Waals surface area contributed by atoms with E-state index >= 15 is 0 Å². The van der Waals surface area contributed by atoms with Gasteiger partial charge in [0.1, 0.15) is 5.82 Å². The van der Waals surface area contributed by atoms with E-state index in [2.05, 4.69) is 19.2 Å². The van der Waals surface area contributed by atoms with Crippen LogP contribution in [0.15, 0.2) is 24.3 Å². The Morgan fingerprint density at radius 2 is 1.87 bits per heavy atom. The third kappa shape index (κ3) is 4.40. The number of β-amino-alcohol motifs (C(OH)–C–C–N with tert-alkyl or cyclic N) is 1. The topological polar surface area (TPSA) is 32.3 Å². The number of aliphatic hydroxyl groups is 1. The van der Waals surface area contributed by atoms with Crippen molar-refractivity contribution < 1.29 is 9.50 Å². The predicted molar refractivity (Wildman–Crippen MR) is 59.3 cm³/mol. The highest BCUT2D eigenvalue weighted by atomic mass is 19.1. The Balaban J connectivity index is 2.56. The van der Waals surface area contributed by atoms with Crippen molar-refractivity contribution in [1.82, 2.24) is 5.32 Å². The molecule has 84 valence electrons. The summed E-state index contributed by atoms with van der Waals surface area (Å²) in [6.45, 7) is 4.83. The second-order valence-corrected chi connectivity index (χ2v) is 4.34. The van der Waals surface area contributed by atoms with E-state index in [9.17, 15) is 4.39 Å². The van der Waals surface area contributed by atoms with Crippen molar-refractivity contribution in [2.75, 3.05) is 13.2 Å². The largest absolute Gasteiger partial charge is 0.395 e. The van der Waals surface area contributed by atoms with Crippen molar-refractivity contribution in [2.24, 2.45) is 0 Å². The molecule has 1 aromatic rings. The van der Waals surface area contributed by atoms with Gasteiger partial charge < -0.3 is 10.4 Å². The van der Waals surface area contributed by atoms with E-state index in [-0.39, 0.29) is 18.0 Å². The van der Waals surface area contributed by atoms with Crippen LogP contribution in [0.5, 0.6) is 0 Å². The van der Waals surface area contributed by atoms with Gasteiger partial charge in [-0.2, -0.15) is 0 Å². The highest BCUT2D eigenvalue weighted by Crippen LogP contribution is 2.12. The summed E-state index contributed by atoms with van der Waals surface area (Å²) < 4.78 is 12.7. The first-order valence-corrected chi connectivity index (χ1v) is 5.14. The van der Waals surface area contributed by atoms with Crippen molar-refractivity contribution in [2.45, 2.75) is 25.8 Å². The molecule has 0 heterocycles. The molecule has 0 bridgehead atoms. The van der Waals surface area contributed by atoms with E-state index in [4.69, 9.17) is 5.11 Å². The van der Waals surface area contributed by atoms with Gasteiger partial charge in [0.2, 0.25) is 0 Å². The lowest BCUT2D eigenvalue weighted by molar-refractivity contribution is 0.265. The zero-order valence-corrected chi connectivity index (χ0v) is 9.26. The SMILES string of the molecule is CC(C)(Cc1ccc(F)cc1)NCCO. The van der Waals surface area contributed by atoms with Gasteiger partial charge in [-0.3, -0.25) is 0 Å². The average molecular weight is 211 g/mol. The predicted octanol–water partition coefficient (Wildman–Crippen LogP) is 1.73. The van der Waals surface area contributed by atoms with E-state index < -0.39 is 0 Å². The van der Waals surface area contributed by atoms with Crippen molar-refractivity contribution in [3.63, 3.8) is 0 Å². The van der Waals surface area contributed by atoms with Gasteiger partial charge in [-0.15, -0.1) is 0 Å². The molecule has 0 saturated heterocycles. The molecule has 0 aromatic heterocycles. The summed E-state index contributed by atoms with van der Waals surface area (Å²) in [5.74, 6) is -0.208. The fourth-order valence-corrected chi connectivity index (χ4v) is 1.57. The molecule has 0 spiro atoms. The lowest BCUT2D eigenvalue weighted by Gasteiger charge is -2.26. The van der Waals surface area contributed by atoms with Crippen LogP contribution in [-0.4, -0.2) is 23.8 Å². The maximum absolute atomic E-state index is 12.7. The summed E-state index contributed by atoms with van der Waals surface area (Å²) in [4.78, 5) is 0. The zero-order chi connectivity index (χ0) is 11.3. The molecule has 0 aliphatic carbocycles. The van der Waals surface area contributed by atoms with Gasteiger partial charge in [0.05, 0.1) is 6.61 Å². The fraction of sp³-hybridized carbons (Fsp3) is 0.500. The minimum atomic E-state index is -0.208. The van der Waals surface area contributed by atoms with Gasteiger partial charge in [0, 0.05) is 12.1 Å². The summed E-state index contributed by atoms with van der Waals surface area (Å²) >= 11 is 0. The van der Waals surface area contributed by atoms with Crippen LogP contribution in [0.4, 0.5) is 4.39 Å². The standard InChI is InChI=1S/C12H18FNO/c1-12(2,14-7-8-15)9-10-3-5-11(13)6-4-10/h3-6,14-15H,7-9H2,1-2H3. The second kappa shape index (κ2) is 5.24. The third-order valence-electron chi connectivity index (χ3n) is 2.27. The Kier molecular flexibility index (Phi) is 4.24. The van der Waals surface area contributed by atoms with Crippen LogP contribution in [0.25, 0.3) is 0 Å². The minimum Gasteiger partial charge on any atom is -0.395 e. The molecule has 0 saturated carbocycles. The molecule has 0 radical (unpaired) electrons. The van der Waals surface area contributed by atoms with E-state index in [1.807, 2.05) is 0 Å². The van der Waals surface area contributed by atoms with Gasteiger partial charge in [-0.25, -0.2) is 4.39 Å². The summed E-state index contributed by atoms with van der Waals surface area (Å²) in [5, 5.41) is 11.9. The van der Waals surface area contributed by atoms with Crippen LogP contribution in [0.3, 0.4) is 0 Å². The molecule has 0 fully saturated rings. The molecule has 0 amide bonds. The molecular formula is C12H18FNO. The summed E-state index contributed by atoms with van der Waals surface area (Å²) in [6, 6.07) is 6.52. The third-order valence-corrected chi connectivity index (χ3v) is 2.27. The normalized spacial score (nSPS) is 11.7. The van der Waals surface area contributed by atoms with Crippen molar-refractivity contribution in [3.05, 3.63) is 35.6 Å². The molecule has 0 aliphatic rings. The lowest BCUT2D eigenvalue weighted by atomic mass is 9.95. The Morgan fingerprint density at radius 3 is 2.40 bits per heavy atom. The molecule has 0 atom stereocenters. The van der Waals surface area contributed by atoms with Crippen LogP contribution >= 0.6 is 0 Å². The number of rotatable bonds is 5. The molecular weight excluding hydrogens is 193 g/mol. The number of hydrogen-bond donors (Lipinski definition) is 2. The smallest absolute Gasteiger partial charge is 0.123 e. The van der Waals surface area contributed by atoms with E-state index in [0.717, 1.165) is 12.0 Å². The fourth-order valence-electron chi connectivity index (χ4n) is 1.57. The summed E-state index contributed by atoms with van der Waals surface area (Å²) in [5.41, 5.74) is 1.01. The lowest BCUT2D eigenvalue weighted by Crippen LogP contribution is -2.42. The zero-order valence-electron chi connectivity index (χ0n) is 9.26. The Hall–Kier alpha value is -0.930. The Labute approximate surface area is 90.1 Å². The minimum absolute atomic E-state index is 0.0828. The summed E-state index contributed by atoms with van der Waals surface area (Å²) in [6.07, 6.45) is 0.813. The molecule has 0 unspecified atom stereocenters. The number of aliphatic hydroxyl groups excluding tert-OH is 1. The molecule has 0 aliphatic heterocycles. The van der Waals surface area contributed by atoms with Gasteiger partial charge >= 0.3 is 0 Å². The molecule has 1 aromatic carbocycles. The number of nitrogens with one attached hydrogen (secondary N) is 1. The quantitative estimate of drug-likeness (QED) is 0.777. The van der Waals surface area contributed by atoms with Gasteiger partial charge in [-0.1, -0.05) is 12.1 Å². The van der Waals surface area contributed by atoms with E-state index in [1.54, 1.807) is 12.1 Å².